The van der Waals surface area contributed by atoms with Crippen molar-refractivity contribution >= 4 is 11.4 Å². The molecule has 104 valence electrons. The first kappa shape index (κ1) is 13.8. The lowest BCUT2D eigenvalue weighted by molar-refractivity contribution is -0.385. The first-order chi connectivity index (χ1) is 8.46. The molecule has 1 aromatic carbocycles. The number of nitrogens with two attached hydrogens (primary N) is 1. The second-order valence-corrected chi connectivity index (χ2v) is 7.06. The van der Waals surface area contributed by atoms with Crippen LogP contribution in [-0.2, 0) is 10.8 Å². The Kier molecular flexibility index (Phi) is 2.55. The summed E-state index contributed by atoms with van der Waals surface area (Å²) in [5.41, 5.74) is 7.50. The summed E-state index contributed by atoms with van der Waals surface area (Å²) in [6.45, 7) is 12.8. The van der Waals surface area contributed by atoms with Crippen LogP contribution in [0.1, 0.15) is 52.7 Å². The number of hydrogen-bond acceptors (Lipinski definition) is 3. The third-order valence-electron chi connectivity index (χ3n) is 5.82. The molecule has 0 saturated carbocycles. The minimum atomic E-state index is -0.340. The third kappa shape index (κ3) is 1.40. The number of anilines is 1. The van der Waals surface area contributed by atoms with Crippen LogP contribution >= 0.6 is 0 Å². The van der Waals surface area contributed by atoms with Crippen LogP contribution in [0.4, 0.5) is 11.4 Å². The standard InChI is InChI=1S/C15H22N2O2/c1-13(2)9-7-8-10(16)12(17(18)19)11(9)14(3,4)15(13,5)6/h7-8H,16H2,1-6H3. The fourth-order valence-electron chi connectivity index (χ4n) is 3.39. The van der Waals surface area contributed by atoms with Crippen molar-refractivity contribution in [2.24, 2.45) is 5.41 Å². The van der Waals surface area contributed by atoms with Crippen LogP contribution in [-0.4, -0.2) is 4.92 Å². The second kappa shape index (κ2) is 3.50. The van der Waals surface area contributed by atoms with Gasteiger partial charge in [0.05, 0.1) is 4.92 Å². The zero-order valence-electron chi connectivity index (χ0n) is 12.5. The maximum Gasteiger partial charge on any atom is 0.296 e. The summed E-state index contributed by atoms with van der Waals surface area (Å²) in [5, 5.41) is 11.4. The lowest BCUT2D eigenvalue weighted by Crippen LogP contribution is -2.42. The first-order valence-corrected chi connectivity index (χ1v) is 6.54. The Morgan fingerprint density at radius 1 is 1.05 bits per heavy atom. The molecule has 0 spiro atoms. The normalized spacial score (nSPS) is 22.0. The van der Waals surface area contributed by atoms with Crippen molar-refractivity contribution in [3.05, 3.63) is 33.4 Å². The van der Waals surface area contributed by atoms with Crippen molar-refractivity contribution in [3.63, 3.8) is 0 Å². The highest BCUT2D eigenvalue weighted by atomic mass is 16.6. The summed E-state index contributed by atoms with van der Waals surface area (Å²) in [7, 11) is 0. The lowest BCUT2D eigenvalue weighted by Gasteiger charge is -2.44. The predicted molar refractivity (Wildman–Crippen MR) is 77.3 cm³/mol. The molecule has 2 N–H and O–H groups in total. The second-order valence-electron chi connectivity index (χ2n) is 7.06. The molecule has 2 rings (SSSR count). The van der Waals surface area contributed by atoms with Gasteiger partial charge in [-0.25, -0.2) is 0 Å². The molecule has 0 fully saturated rings. The van der Waals surface area contributed by atoms with Gasteiger partial charge in [0.2, 0.25) is 0 Å². The molecule has 0 bridgehead atoms. The summed E-state index contributed by atoms with van der Waals surface area (Å²) >= 11 is 0. The fourth-order valence-corrected chi connectivity index (χ4v) is 3.39. The van der Waals surface area contributed by atoms with Crippen molar-refractivity contribution in [3.8, 4) is 0 Å². The quantitative estimate of drug-likeness (QED) is 0.476. The summed E-state index contributed by atoms with van der Waals surface area (Å²) in [4.78, 5) is 11.1. The van der Waals surface area contributed by atoms with Gasteiger partial charge in [0, 0.05) is 11.0 Å². The molecule has 19 heavy (non-hydrogen) atoms. The molecular weight excluding hydrogens is 240 g/mol. The van der Waals surface area contributed by atoms with Gasteiger partial charge in [-0.1, -0.05) is 47.6 Å². The Morgan fingerprint density at radius 2 is 1.58 bits per heavy atom. The van der Waals surface area contributed by atoms with Crippen LogP contribution in [0.5, 0.6) is 0 Å². The number of benzene rings is 1. The molecule has 1 aliphatic rings. The van der Waals surface area contributed by atoms with E-state index in [2.05, 4.69) is 41.5 Å². The van der Waals surface area contributed by atoms with E-state index >= 15 is 0 Å². The zero-order chi connectivity index (χ0) is 14.8. The average molecular weight is 262 g/mol. The van der Waals surface area contributed by atoms with E-state index in [0.29, 0.717) is 0 Å². The molecule has 0 heterocycles. The Bertz CT molecular complexity index is 572. The Morgan fingerprint density at radius 3 is 2.05 bits per heavy atom. The van der Waals surface area contributed by atoms with Crippen molar-refractivity contribution in [1.82, 2.24) is 0 Å². The molecule has 0 amide bonds. The van der Waals surface area contributed by atoms with Crippen LogP contribution in [0.3, 0.4) is 0 Å². The van der Waals surface area contributed by atoms with Gasteiger partial charge in [-0.05, 0) is 22.5 Å². The largest absolute Gasteiger partial charge is 0.393 e. The van der Waals surface area contributed by atoms with Crippen LogP contribution in [0.15, 0.2) is 12.1 Å². The van der Waals surface area contributed by atoms with E-state index in [9.17, 15) is 10.1 Å². The van der Waals surface area contributed by atoms with Crippen LogP contribution < -0.4 is 5.73 Å². The SMILES string of the molecule is CC1(C)c2ccc(N)c([N+](=O)[O-])c2C(C)(C)C1(C)C. The van der Waals surface area contributed by atoms with Gasteiger partial charge in [-0.3, -0.25) is 10.1 Å². The molecule has 0 radical (unpaired) electrons. The molecule has 0 unspecified atom stereocenters. The Balaban J connectivity index is 2.94. The Hall–Kier alpha value is -1.58. The van der Waals surface area contributed by atoms with Gasteiger partial charge < -0.3 is 5.73 Å². The van der Waals surface area contributed by atoms with Gasteiger partial charge in [0.1, 0.15) is 5.69 Å². The molecule has 0 aromatic heterocycles. The molecule has 4 nitrogen and oxygen atoms in total. The maximum absolute atomic E-state index is 11.4. The van der Waals surface area contributed by atoms with Crippen LogP contribution in [0, 0.1) is 15.5 Å². The van der Waals surface area contributed by atoms with E-state index in [0.717, 1.165) is 11.1 Å². The van der Waals surface area contributed by atoms with Crippen LogP contribution in [0.25, 0.3) is 0 Å². The molecule has 0 atom stereocenters. The van der Waals surface area contributed by atoms with Gasteiger partial charge in [-0.2, -0.15) is 0 Å². The number of fused-ring (bicyclic) bond motifs is 1. The fraction of sp³-hybridized carbons (Fsp3) is 0.600. The first-order valence-electron chi connectivity index (χ1n) is 6.54. The molecule has 4 heteroatoms. The number of nitrogens with zero attached hydrogens (tertiary/aromatic N) is 1. The molecule has 0 saturated heterocycles. The highest BCUT2D eigenvalue weighted by molar-refractivity contribution is 5.70. The monoisotopic (exact) mass is 262 g/mol. The van der Waals surface area contributed by atoms with E-state index in [1.54, 1.807) is 6.07 Å². The van der Waals surface area contributed by atoms with Gasteiger partial charge in [0.25, 0.3) is 5.69 Å². The lowest BCUT2D eigenvalue weighted by atomic mass is 9.59. The van der Waals surface area contributed by atoms with Gasteiger partial charge >= 0.3 is 0 Å². The van der Waals surface area contributed by atoms with Crippen molar-refractivity contribution in [1.29, 1.82) is 0 Å². The number of nitro benzene ring substituents is 1. The highest BCUT2D eigenvalue weighted by Gasteiger charge is 2.59. The summed E-state index contributed by atoms with van der Waals surface area (Å²) in [5.74, 6) is 0. The van der Waals surface area contributed by atoms with Crippen molar-refractivity contribution in [2.45, 2.75) is 52.4 Å². The number of nitro groups is 1. The predicted octanol–water partition coefficient (Wildman–Crippen LogP) is 3.77. The zero-order valence-corrected chi connectivity index (χ0v) is 12.5. The van der Waals surface area contributed by atoms with E-state index in [4.69, 9.17) is 5.73 Å². The van der Waals surface area contributed by atoms with E-state index in [1.807, 2.05) is 6.07 Å². The Labute approximate surface area is 114 Å². The van der Waals surface area contributed by atoms with Gasteiger partial charge in [-0.15, -0.1) is 0 Å². The molecule has 1 aliphatic carbocycles. The highest BCUT2D eigenvalue weighted by Crippen LogP contribution is 2.63. The van der Waals surface area contributed by atoms with E-state index in [-0.39, 0.29) is 32.5 Å². The summed E-state index contributed by atoms with van der Waals surface area (Å²) in [6, 6.07) is 3.62. The third-order valence-corrected chi connectivity index (χ3v) is 5.82. The van der Waals surface area contributed by atoms with E-state index < -0.39 is 0 Å². The topological polar surface area (TPSA) is 69.2 Å². The van der Waals surface area contributed by atoms with Crippen molar-refractivity contribution in [2.75, 3.05) is 5.73 Å². The molecule has 0 aliphatic heterocycles. The smallest absolute Gasteiger partial charge is 0.296 e. The van der Waals surface area contributed by atoms with Crippen molar-refractivity contribution < 1.29 is 4.92 Å². The summed E-state index contributed by atoms with van der Waals surface area (Å²) < 4.78 is 0. The van der Waals surface area contributed by atoms with E-state index in [1.165, 1.54) is 0 Å². The summed E-state index contributed by atoms with van der Waals surface area (Å²) in [6.07, 6.45) is 0. The number of rotatable bonds is 1. The van der Waals surface area contributed by atoms with Crippen LogP contribution in [0.2, 0.25) is 0 Å². The average Bonchev–Trinajstić information content (AvgIpc) is 2.35. The minimum absolute atomic E-state index is 0.0844. The minimum Gasteiger partial charge on any atom is -0.393 e. The molecular formula is C15H22N2O2. The number of nitrogen functional groups attached to an aromatic ring is 1. The molecule has 1 aromatic rings. The maximum atomic E-state index is 11.4. The van der Waals surface area contributed by atoms with Gasteiger partial charge in [0.15, 0.2) is 0 Å². The number of hydrogen-bond donors (Lipinski definition) is 1.